The van der Waals surface area contributed by atoms with E-state index in [1.165, 1.54) is 49.2 Å². The molecule has 0 saturated carbocycles. The van der Waals surface area contributed by atoms with E-state index in [2.05, 4.69) is 77.8 Å². The molecule has 2 aliphatic rings. The maximum absolute atomic E-state index is 3.93. The highest BCUT2D eigenvalue weighted by atomic mass is 79.9. The molecule has 0 radical (unpaired) electrons. The molecular formula is C24H24Br2. The lowest BCUT2D eigenvalue weighted by molar-refractivity contribution is 0.475. The number of aryl methyl sites for hydroxylation is 3. The second kappa shape index (κ2) is 5.58. The number of hydrogen-bond acceptors (Lipinski definition) is 0. The van der Waals surface area contributed by atoms with E-state index in [-0.39, 0.29) is 5.41 Å². The van der Waals surface area contributed by atoms with Crippen LogP contribution in [-0.4, -0.2) is 0 Å². The van der Waals surface area contributed by atoms with Crippen LogP contribution in [0.15, 0.2) is 27.1 Å². The van der Waals surface area contributed by atoms with Gasteiger partial charge >= 0.3 is 0 Å². The molecule has 134 valence electrons. The molecule has 0 heterocycles. The fourth-order valence-electron chi connectivity index (χ4n) is 5.29. The van der Waals surface area contributed by atoms with E-state index in [0.29, 0.717) is 5.92 Å². The number of hydrogen-bond donors (Lipinski definition) is 0. The second-order valence-corrected chi connectivity index (χ2v) is 10.8. The van der Waals surface area contributed by atoms with Crippen LogP contribution in [0.3, 0.4) is 0 Å². The predicted molar refractivity (Wildman–Crippen MR) is 120 cm³/mol. The average Bonchev–Trinajstić information content (AvgIpc) is 2.59. The van der Waals surface area contributed by atoms with Gasteiger partial charge in [0.1, 0.15) is 0 Å². The molecule has 2 aliphatic carbocycles. The van der Waals surface area contributed by atoms with Gasteiger partial charge in [-0.1, -0.05) is 59.6 Å². The summed E-state index contributed by atoms with van der Waals surface area (Å²) in [4.78, 5) is 0. The smallest absolute Gasteiger partial charge is 0.0257 e. The summed E-state index contributed by atoms with van der Waals surface area (Å²) in [6, 6.07) is 7.30. The fourth-order valence-corrected chi connectivity index (χ4v) is 6.52. The molecule has 3 aromatic rings. The van der Waals surface area contributed by atoms with E-state index in [0.717, 1.165) is 12.8 Å². The van der Waals surface area contributed by atoms with E-state index in [9.17, 15) is 0 Å². The Morgan fingerprint density at radius 3 is 2.31 bits per heavy atom. The molecule has 0 bridgehead atoms. The van der Waals surface area contributed by atoms with Gasteiger partial charge in [-0.15, -0.1) is 0 Å². The van der Waals surface area contributed by atoms with Gasteiger partial charge in [-0.25, -0.2) is 0 Å². The van der Waals surface area contributed by atoms with Crippen molar-refractivity contribution in [3.63, 3.8) is 0 Å². The Labute approximate surface area is 172 Å². The minimum absolute atomic E-state index is 0.236. The maximum Gasteiger partial charge on any atom is 0.0257 e. The van der Waals surface area contributed by atoms with Crippen molar-refractivity contribution in [1.82, 2.24) is 0 Å². The lowest BCUT2D eigenvalue weighted by Gasteiger charge is -2.36. The molecule has 0 aromatic heterocycles. The number of rotatable bonds is 1. The zero-order chi connectivity index (χ0) is 18.4. The third-order valence-corrected chi connectivity index (χ3v) is 8.09. The first-order valence-electron chi connectivity index (χ1n) is 9.72. The first kappa shape index (κ1) is 17.3. The van der Waals surface area contributed by atoms with E-state index in [1.54, 1.807) is 21.9 Å². The Bertz CT molecular complexity index is 1100. The first-order valence-corrected chi connectivity index (χ1v) is 11.3. The van der Waals surface area contributed by atoms with Crippen LogP contribution in [0.25, 0.3) is 21.5 Å². The van der Waals surface area contributed by atoms with Crippen molar-refractivity contribution in [2.45, 2.75) is 64.7 Å². The quantitative estimate of drug-likeness (QED) is 0.315. The van der Waals surface area contributed by atoms with E-state index in [1.807, 2.05) is 0 Å². The molecule has 0 fully saturated rings. The minimum atomic E-state index is 0.236. The van der Waals surface area contributed by atoms with Gasteiger partial charge in [0, 0.05) is 8.95 Å². The predicted octanol–water partition coefficient (Wildman–Crippen LogP) is 7.96. The number of halogens is 2. The fraction of sp³-hybridized carbons (Fsp3) is 0.417. The van der Waals surface area contributed by atoms with Crippen LogP contribution < -0.4 is 0 Å². The van der Waals surface area contributed by atoms with Gasteiger partial charge in [-0.3, -0.25) is 0 Å². The van der Waals surface area contributed by atoms with Crippen molar-refractivity contribution in [3.05, 3.63) is 55.0 Å². The van der Waals surface area contributed by atoms with Gasteiger partial charge < -0.3 is 0 Å². The van der Waals surface area contributed by atoms with Crippen molar-refractivity contribution < 1.29 is 0 Å². The maximum atomic E-state index is 3.93. The SMILES string of the molecule is CC(C)c1cc(Br)c2cc3c4c(cc(Br)c5c4c2c1CC5)CCC3(C)C. The van der Waals surface area contributed by atoms with Gasteiger partial charge in [0.05, 0.1) is 0 Å². The van der Waals surface area contributed by atoms with Crippen LogP contribution in [0.5, 0.6) is 0 Å². The minimum Gasteiger partial charge on any atom is -0.0587 e. The van der Waals surface area contributed by atoms with E-state index < -0.39 is 0 Å². The summed E-state index contributed by atoms with van der Waals surface area (Å²) in [5, 5.41) is 6.02. The molecule has 0 saturated heterocycles. The zero-order valence-electron chi connectivity index (χ0n) is 15.9. The lowest BCUT2D eigenvalue weighted by Crippen LogP contribution is -2.24. The highest BCUT2D eigenvalue weighted by Crippen LogP contribution is 2.50. The van der Waals surface area contributed by atoms with Crippen LogP contribution in [0.1, 0.15) is 67.9 Å². The molecule has 0 atom stereocenters. The highest BCUT2D eigenvalue weighted by molar-refractivity contribution is 9.11. The van der Waals surface area contributed by atoms with Gasteiger partial charge in [-0.05, 0) is 105 Å². The normalized spacial score (nSPS) is 17.7. The second-order valence-electron chi connectivity index (χ2n) is 9.06. The Morgan fingerprint density at radius 1 is 0.846 bits per heavy atom. The molecule has 5 rings (SSSR count). The van der Waals surface area contributed by atoms with E-state index in [4.69, 9.17) is 0 Å². The third-order valence-electron chi connectivity index (χ3n) is 6.72. The zero-order valence-corrected chi connectivity index (χ0v) is 19.1. The summed E-state index contributed by atoms with van der Waals surface area (Å²) in [7, 11) is 0. The lowest BCUT2D eigenvalue weighted by atomic mass is 9.69. The van der Waals surface area contributed by atoms with Crippen LogP contribution in [0, 0.1) is 0 Å². The first-order chi connectivity index (χ1) is 12.3. The summed E-state index contributed by atoms with van der Waals surface area (Å²) in [6.45, 7) is 9.48. The molecular weight excluding hydrogens is 448 g/mol. The largest absolute Gasteiger partial charge is 0.0587 e. The van der Waals surface area contributed by atoms with Crippen molar-refractivity contribution in [2.24, 2.45) is 0 Å². The van der Waals surface area contributed by atoms with Gasteiger partial charge in [0.25, 0.3) is 0 Å². The standard InChI is InChI=1S/C24H24Br2/c1-12(2)16-11-20(26)17-10-18-21-13(7-8-24(18,3)4)9-19(25)15-6-5-14(16)22(17)23(15)21/h9-12H,5-8H2,1-4H3. The Morgan fingerprint density at radius 2 is 1.58 bits per heavy atom. The molecule has 0 nitrogen and oxygen atoms in total. The molecule has 0 unspecified atom stereocenters. The van der Waals surface area contributed by atoms with Gasteiger partial charge in [0.15, 0.2) is 0 Å². The van der Waals surface area contributed by atoms with Crippen molar-refractivity contribution in [1.29, 1.82) is 0 Å². The Kier molecular flexibility index (Phi) is 3.70. The summed E-state index contributed by atoms with van der Waals surface area (Å²) in [5.41, 5.74) is 7.94. The number of benzene rings is 3. The summed E-state index contributed by atoms with van der Waals surface area (Å²) >= 11 is 7.84. The topological polar surface area (TPSA) is 0 Å². The molecule has 0 spiro atoms. The molecule has 2 heteroatoms. The van der Waals surface area contributed by atoms with Gasteiger partial charge in [0.2, 0.25) is 0 Å². The molecule has 0 N–H and O–H groups in total. The summed E-state index contributed by atoms with van der Waals surface area (Å²) < 4.78 is 2.57. The average molecular weight is 472 g/mol. The highest BCUT2D eigenvalue weighted by Gasteiger charge is 2.33. The summed E-state index contributed by atoms with van der Waals surface area (Å²) in [5.74, 6) is 0.554. The van der Waals surface area contributed by atoms with Crippen LogP contribution in [0.2, 0.25) is 0 Å². The Balaban J connectivity index is 2.11. The van der Waals surface area contributed by atoms with Crippen molar-refractivity contribution in [3.8, 4) is 0 Å². The van der Waals surface area contributed by atoms with Crippen LogP contribution in [-0.2, 0) is 24.7 Å². The van der Waals surface area contributed by atoms with Crippen LogP contribution in [0.4, 0.5) is 0 Å². The third kappa shape index (κ3) is 2.18. The monoisotopic (exact) mass is 470 g/mol. The van der Waals surface area contributed by atoms with Crippen molar-refractivity contribution >= 4 is 53.4 Å². The molecule has 0 aliphatic heterocycles. The summed E-state index contributed by atoms with van der Waals surface area (Å²) in [6.07, 6.45) is 4.70. The Hall–Kier alpha value is -0.860. The van der Waals surface area contributed by atoms with Gasteiger partial charge in [-0.2, -0.15) is 0 Å². The molecule has 0 amide bonds. The molecule has 3 aromatic carbocycles. The van der Waals surface area contributed by atoms with Crippen LogP contribution >= 0.6 is 31.9 Å². The molecule has 26 heavy (non-hydrogen) atoms. The van der Waals surface area contributed by atoms with E-state index >= 15 is 0 Å². The van der Waals surface area contributed by atoms with Crippen molar-refractivity contribution in [2.75, 3.05) is 0 Å².